The molecule has 0 bridgehead atoms. The lowest BCUT2D eigenvalue weighted by Gasteiger charge is -2.22. The first kappa shape index (κ1) is 15.1. The number of hydrogen-bond acceptors (Lipinski definition) is 4. The molecule has 4 heteroatoms. The first-order chi connectivity index (χ1) is 9.85. The summed E-state index contributed by atoms with van der Waals surface area (Å²) >= 11 is 0. The van der Waals surface area contributed by atoms with E-state index in [-0.39, 0.29) is 6.61 Å². The lowest BCUT2D eigenvalue weighted by atomic mass is 10.1. The Balaban J connectivity index is 2.10. The molecule has 0 aliphatic carbocycles. The van der Waals surface area contributed by atoms with Gasteiger partial charge in [0, 0.05) is 25.1 Å². The second-order valence-corrected chi connectivity index (χ2v) is 5.15. The van der Waals surface area contributed by atoms with Crippen LogP contribution >= 0.6 is 0 Å². The molecule has 1 aromatic carbocycles. The second kappa shape index (κ2) is 8.12. The summed E-state index contributed by atoms with van der Waals surface area (Å²) in [4.78, 5) is 2.27. The van der Waals surface area contributed by atoms with E-state index in [2.05, 4.69) is 17.9 Å². The number of fused-ring (bicyclic) bond motifs is 1. The molecule has 0 saturated carbocycles. The molecule has 0 amide bonds. The molecule has 0 aromatic heterocycles. The number of aliphatic hydroxyl groups excluding tert-OH is 1. The SMILES string of the molecule is CCCCN(CCO)Cc1cccc2c1OCCCO2. The van der Waals surface area contributed by atoms with Crippen molar-refractivity contribution < 1.29 is 14.6 Å². The Morgan fingerprint density at radius 3 is 2.85 bits per heavy atom. The van der Waals surface area contributed by atoms with E-state index >= 15 is 0 Å². The Morgan fingerprint density at radius 1 is 1.20 bits per heavy atom. The number of aliphatic hydroxyl groups is 1. The van der Waals surface area contributed by atoms with Crippen molar-refractivity contribution in [3.05, 3.63) is 23.8 Å². The van der Waals surface area contributed by atoms with E-state index in [1.54, 1.807) is 0 Å². The molecule has 1 N–H and O–H groups in total. The Hall–Kier alpha value is -1.26. The highest BCUT2D eigenvalue weighted by Crippen LogP contribution is 2.33. The number of para-hydroxylation sites is 1. The van der Waals surface area contributed by atoms with Crippen LogP contribution in [0.2, 0.25) is 0 Å². The summed E-state index contributed by atoms with van der Waals surface area (Å²) in [6.45, 7) is 6.30. The highest BCUT2D eigenvalue weighted by molar-refractivity contribution is 5.47. The standard InChI is InChI=1S/C16H25NO3/c1-2-3-8-17(9-10-18)13-14-6-4-7-15-16(14)20-12-5-11-19-15/h4,6-7,18H,2-3,5,8-13H2,1H3. The van der Waals surface area contributed by atoms with E-state index in [1.807, 2.05) is 12.1 Å². The van der Waals surface area contributed by atoms with Crippen molar-refractivity contribution in [2.45, 2.75) is 32.7 Å². The van der Waals surface area contributed by atoms with Crippen molar-refractivity contribution in [2.24, 2.45) is 0 Å². The maximum absolute atomic E-state index is 9.20. The van der Waals surface area contributed by atoms with Crippen LogP contribution in [-0.4, -0.2) is 42.9 Å². The number of rotatable bonds is 7. The zero-order valence-corrected chi connectivity index (χ0v) is 12.3. The molecule has 4 nitrogen and oxygen atoms in total. The van der Waals surface area contributed by atoms with Gasteiger partial charge in [0.1, 0.15) is 0 Å². The zero-order valence-electron chi connectivity index (χ0n) is 12.3. The van der Waals surface area contributed by atoms with E-state index in [0.29, 0.717) is 19.8 Å². The summed E-state index contributed by atoms with van der Waals surface area (Å²) in [5.41, 5.74) is 1.15. The highest BCUT2D eigenvalue weighted by atomic mass is 16.5. The van der Waals surface area contributed by atoms with E-state index < -0.39 is 0 Å². The molecule has 0 saturated heterocycles. The van der Waals surface area contributed by atoms with E-state index in [0.717, 1.165) is 49.4 Å². The van der Waals surface area contributed by atoms with Crippen molar-refractivity contribution >= 4 is 0 Å². The minimum absolute atomic E-state index is 0.191. The summed E-state index contributed by atoms with van der Waals surface area (Å²) < 4.78 is 11.6. The predicted molar refractivity (Wildman–Crippen MR) is 79.3 cm³/mol. The number of nitrogens with zero attached hydrogens (tertiary/aromatic N) is 1. The van der Waals surface area contributed by atoms with Crippen molar-refractivity contribution in [3.63, 3.8) is 0 Å². The van der Waals surface area contributed by atoms with Gasteiger partial charge < -0.3 is 14.6 Å². The minimum Gasteiger partial charge on any atom is -0.490 e. The van der Waals surface area contributed by atoms with Crippen LogP contribution in [0.4, 0.5) is 0 Å². The fourth-order valence-corrected chi connectivity index (χ4v) is 2.41. The maximum Gasteiger partial charge on any atom is 0.165 e. The van der Waals surface area contributed by atoms with Crippen LogP contribution < -0.4 is 9.47 Å². The van der Waals surface area contributed by atoms with Gasteiger partial charge in [0.2, 0.25) is 0 Å². The molecule has 0 unspecified atom stereocenters. The molecular formula is C16H25NO3. The van der Waals surface area contributed by atoms with Crippen LogP contribution in [-0.2, 0) is 6.54 Å². The third-order valence-electron chi connectivity index (χ3n) is 3.49. The Bertz CT molecular complexity index is 409. The number of hydrogen-bond donors (Lipinski definition) is 1. The molecule has 1 heterocycles. The topological polar surface area (TPSA) is 41.9 Å². The molecular weight excluding hydrogens is 254 g/mol. The van der Waals surface area contributed by atoms with Gasteiger partial charge in [-0.15, -0.1) is 0 Å². The average molecular weight is 279 g/mol. The van der Waals surface area contributed by atoms with Gasteiger partial charge in [-0.3, -0.25) is 4.90 Å². The van der Waals surface area contributed by atoms with Gasteiger partial charge in [-0.25, -0.2) is 0 Å². The van der Waals surface area contributed by atoms with E-state index in [1.165, 1.54) is 0 Å². The summed E-state index contributed by atoms with van der Waals surface area (Å²) in [5.74, 6) is 1.73. The number of ether oxygens (including phenoxy) is 2. The Morgan fingerprint density at radius 2 is 2.05 bits per heavy atom. The van der Waals surface area contributed by atoms with Gasteiger partial charge in [-0.05, 0) is 19.0 Å². The van der Waals surface area contributed by atoms with Crippen LogP contribution in [0.25, 0.3) is 0 Å². The summed E-state index contributed by atoms with van der Waals surface area (Å²) in [6, 6.07) is 6.07. The molecule has 112 valence electrons. The summed E-state index contributed by atoms with van der Waals surface area (Å²) in [7, 11) is 0. The van der Waals surface area contributed by atoms with Crippen LogP contribution in [0.1, 0.15) is 31.7 Å². The molecule has 0 fully saturated rings. The summed E-state index contributed by atoms with van der Waals surface area (Å²) in [6.07, 6.45) is 3.23. The Labute approximate surface area is 121 Å². The van der Waals surface area contributed by atoms with Crippen LogP contribution in [0.3, 0.4) is 0 Å². The second-order valence-electron chi connectivity index (χ2n) is 5.15. The highest BCUT2D eigenvalue weighted by Gasteiger charge is 2.16. The van der Waals surface area contributed by atoms with Crippen molar-refractivity contribution in [3.8, 4) is 11.5 Å². The van der Waals surface area contributed by atoms with E-state index in [9.17, 15) is 5.11 Å². The van der Waals surface area contributed by atoms with Gasteiger partial charge in [-0.1, -0.05) is 25.5 Å². The van der Waals surface area contributed by atoms with E-state index in [4.69, 9.17) is 9.47 Å². The molecule has 20 heavy (non-hydrogen) atoms. The van der Waals surface area contributed by atoms with Gasteiger partial charge in [0.25, 0.3) is 0 Å². The van der Waals surface area contributed by atoms with Gasteiger partial charge in [-0.2, -0.15) is 0 Å². The van der Waals surface area contributed by atoms with Gasteiger partial charge in [0.05, 0.1) is 19.8 Å². The Kier molecular flexibility index (Phi) is 6.15. The molecule has 2 rings (SSSR count). The lowest BCUT2D eigenvalue weighted by molar-refractivity contribution is 0.186. The third kappa shape index (κ3) is 4.12. The summed E-state index contributed by atoms with van der Waals surface area (Å²) in [5, 5.41) is 9.20. The molecule has 1 aliphatic rings. The van der Waals surface area contributed by atoms with Crippen LogP contribution in [0, 0.1) is 0 Å². The third-order valence-corrected chi connectivity index (χ3v) is 3.49. The first-order valence-corrected chi connectivity index (χ1v) is 7.56. The largest absolute Gasteiger partial charge is 0.490 e. The average Bonchev–Trinajstić information content (AvgIpc) is 2.71. The fraction of sp³-hybridized carbons (Fsp3) is 0.625. The molecule has 0 spiro atoms. The molecule has 0 atom stereocenters. The number of unbranched alkanes of at least 4 members (excludes halogenated alkanes) is 1. The van der Waals surface area contributed by atoms with Crippen LogP contribution in [0.15, 0.2) is 18.2 Å². The smallest absolute Gasteiger partial charge is 0.165 e. The zero-order chi connectivity index (χ0) is 14.2. The molecule has 1 aromatic rings. The maximum atomic E-state index is 9.20. The molecule has 0 radical (unpaired) electrons. The normalized spacial score (nSPS) is 14.3. The fourth-order valence-electron chi connectivity index (χ4n) is 2.41. The van der Waals surface area contributed by atoms with Gasteiger partial charge in [0.15, 0.2) is 11.5 Å². The number of benzene rings is 1. The van der Waals surface area contributed by atoms with Crippen LogP contribution in [0.5, 0.6) is 11.5 Å². The minimum atomic E-state index is 0.191. The van der Waals surface area contributed by atoms with Crippen molar-refractivity contribution in [1.82, 2.24) is 4.90 Å². The predicted octanol–water partition coefficient (Wildman–Crippen LogP) is 2.44. The van der Waals surface area contributed by atoms with Crippen molar-refractivity contribution in [1.29, 1.82) is 0 Å². The monoisotopic (exact) mass is 279 g/mol. The van der Waals surface area contributed by atoms with Crippen molar-refractivity contribution in [2.75, 3.05) is 32.9 Å². The van der Waals surface area contributed by atoms with Gasteiger partial charge >= 0.3 is 0 Å². The first-order valence-electron chi connectivity index (χ1n) is 7.56. The molecule has 1 aliphatic heterocycles. The lowest BCUT2D eigenvalue weighted by Crippen LogP contribution is -2.27. The quantitative estimate of drug-likeness (QED) is 0.832.